The molecule has 2 N–H and O–H groups in total. The molecule has 1 saturated heterocycles. The SMILES string of the molecule is CCCNc1cc(C(=O)NCC2CCCO2)c(Cl)cn1. The first-order valence-electron chi connectivity index (χ1n) is 7.00. The van der Waals surface area contributed by atoms with Crippen LogP contribution in [0.2, 0.25) is 5.02 Å². The molecule has 1 aliphatic heterocycles. The fourth-order valence-electron chi connectivity index (χ4n) is 2.07. The lowest BCUT2D eigenvalue weighted by molar-refractivity contribution is 0.0858. The Morgan fingerprint density at radius 1 is 1.60 bits per heavy atom. The first-order valence-corrected chi connectivity index (χ1v) is 7.37. The molecule has 1 aromatic heterocycles. The van der Waals surface area contributed by atoms with Gasteiger partial charge < -0.3 is 15.4 Å². The summed E-state index contributed by atoms with van der Waals surface area (Å²) in [6.45, 7) is 4.18. The van der Waals surface area contributed by atoms with Gasteiger partial charge in [-0.15, -0.1) is 0 Å². The Morgan fingerprint density at radius 2 is 2.45 bits per heavy atom. The van der Waals surface area contributed by atoms with Crippen LogP contribution >= 0.6 is 11.6 Å². The third-order valence-electron chi connectivity index (χ3n) is 3.17. The molecule has 1 aliphatic rings. The standard InChI is InChI=1S/C14H20ClN3O2/c1-2-5-16-13-7-11(12(15)9-17-13)14(19)18-8-10-4-3-6-20-10/h7,9-10H,2-6,8H2,1H3,(H,16,17)(H,18,19). The quantitative estimate of drug-likeness (QED) is 0.847. The van der Waals surface area contributed by atoms with E-state index in [1.807, 2.05) is 0 Å². The molecule has 110 valence electrons. The molecule has 0 saturated carbocycles. The van der Waals surface area contributed by atoms with Crippen LogP contribution in [0.25, 0.3) is 0 Å². The lowest BCUT2D eigenvalue weighted by atomic mass is 10.2. The third kappa shape index (κ3) is 4.08. The van der Waals surface area contributed by atoms with Crippen LogP contribution in [0, 0.1) is 0 Å². The summed E-state index contributed by atoms with van der Waals surface area (Å²) in [6, 6.07) is 1.68. The number of halogens is 1. The van der Waals surface area contributed by atoms with Crippen LogP contribution in [0.3, 0.4) is 0 Å². The van der Waals surface area contributed by atoms with Crippen molar-refractivity contribution in [3.05, 3.63) is 22.8 Å². The zero-order chi connectivity index (χ0) is 14.4. The van der Waals surface area contributed by atoms with E-state index >= 15 is 0 Å². The fraction of sp³-hybridized carbons (Fsp3) is 0.571. The average Bonchev–Trinajstić information content (AvgIpc) is 2.97. The predicted octanol–water partition coefficient (Wildman–Crippen LogP) is 2.47. The molecule has 0 aromatic carbocycles. The largest absolute Gasteiger partial charge is 0.376 e. The first-order chi connectivity index (χ1) is 9.70. The molecular weight excluding hydrogens is 278 g/mol. The molecule has 0 bridgehead atoms. The fourth-order valence-corrected chi connectivity index (χ4v) is 2.26. The summed E-state index contributed by atoms with van der Waals surface area (Å²) in [5.74, 6) is 0.478. The maximum atomic E-state index is 12.1. The van der Waals surface area contributed by atoms with Gasteiger partial charge in [-0.3, -0.25) is 4.79 Å². The second-order valence-corrected chi connectivity index (χ2v) is 5.23. The number of nitrogens with zero attached hydrogens (tertiary/aromatic N) is 1. The summed E-state index contributed by atoms with van der Waals surface area (Å²) < 4.78 is 5.47. The number of amides is 1. The Labute approximate surface area is 124 Å². The van der Waals surface area contributed by atoms with Crippen LogP contribution in [0.1, 0.15) is 36.5 Å². The van der Waals surface area contributed by atoms with Gasteiger partial charge in [-0.2, -0.15) is 0 Å². The van der Waals surface area contributed by atoms with Crippen molar-refractivity contribution in [1.82, 2.24) is 10.3 Å². The van der Waals surface area contributed by atoms with Gasteiger partial charge in [0.15, 0.2) is 0 Å². The molecule has 1 atom stereocenters. The number of anilines is 1. The van der Waals surface area contributed by atoms with Crippen molar-refractivity contribution in [2.45, 2.75) is 32.3 Å². The van der Waals surface area contributed by atoms with Crippen LogP contribution in [-0.4, -0.2) is 36.7 Å². The molecule has 0 spiro atoms. The number of carbonyl (C=O) groups is 1. The minimum atomic E-state index is -0.188. The van der Waals surface area contributed by atoms with E-state index in [4.69, 9.17) is 16.3 Å². The number of nitrogens with one attached hydrogen (secondary N) is 2. The normalized spacial score (nSPS) is 18.0. The van der Waals surface area contributed by atoms with Gasteiger partial charge in [0.2, 0.25) is 0 Å². The van der Waals surface area contributed by atoms with Crippen molar-refractivity contribution in [2.75, 3.05) is 25.0 Å². The monoisotopic (exact) mass is 297 g/mol. The van der Waals surface area contributed by atoms with Crippen molar-refractivity contribution in [2.24, 2.45) is 0 Å². The molecule has 1 unspecified atom stereocenters. The number of carbonyl (C=O) groups excluding carboxylic acids is 1. The lowest BCUT2D eigenvalue weighted by Gasteiger charge is -2.12. The summed E-state index contributed by atoms with van der Waals surface area (Å²) in [4.78, 5) is 16.3. The smallest absolute Gasteiger partial charge is 0.253 e. The lowest BCUT2D eigenvalue weighted by Crippen LogP contribution is -2.32. The van der Waals surface area contributed by atoms with E-state index in [9.17, 15) is 4.79 Å². The van der Waals surface area contributed by atoms with Gasteiger partial charge in [0.25, 0.3) is 5.91 Å². The first kappa shape index (κ1) is 15.1. The Kier molecular flexibility index (Phi) is 5.61. The molecule has 2 heterocycles. The summed E-state index contributed by atoms with van der Waals surface area (Å²) in [7, 11) is 0. The molecule has 1 fully saturated rings. The second-order valence-electron chi connectivity index (χ2n) is 4.82. The van der Waals surface area contributed by atoms with E-state index < -0.39 is 0 Å². The van der Waals surface area contributed by atoms with Crippen LogP contribution in [-0.2, 0) is 4.74 Å². The van der Waals surface area contributed by atoms with E-state index in [-0.39, 0.29) is 12.0 Å². The molecular formula is C14H20ClN3O2. The number of aromatic nitrogens is 1. The molecule has 2 rings (SSSR count). The Bertz CT molecular complexity index is 462. The van der Waals surface area contributed by atoms with Crippen molar-refractivity contribution in [3.63, 3.8) is 0 Å². The van der Waals surface area contributed by atoms with E-state index in [2.05, 4.69) is 22.5 Å². The average molecular weight is 298 g/mol. The van der Waals surface area contributed by atoms with Gasteiger partial charge in [0.1, 0.15) is 5.82 Å². The van der Waals surface area contributed by atoms with Crippen molar-refractivity contribution >= 4 is 23.3 Å². The molecule has 0 aliphatic carbocycles. The van der Waals surface area contributed by atoms with Gasteiger partial charge in [-0.05, 0) is 25.3 Å². The van der Waals surface area contributed by atoms with E-state index in [0.717, 1.165) is 32.4 Å². The Morgan fingerprint density at radius 3 is 3.15 bits per heavy atom. The highest BCUT2D eigenvalue weighted by atomic mass is 35.5. The maximum Gasteiger partial charge on any atom is 0.253 e. The molecule has 1 aromatic rings. The summed E-state index contributed by atoms with van der Waals surface area (Å²) in [6.07, 6.45) is 4.66. The van der Waals surface area contributed by atoms with Crippen LogP contribution in [0.5, 0.6) is 0 Å². The number of hydrogen-bond donors (Lipinski definition) is 2. The molecule has 6 heteroatoms. The second kappa shape index (κ2) is 7.45. The number of hydrogen-bond acceptors (Lipinski definition) is 4. The summed E-state index contributed by atoms with van der Waals surface area (Å²) in [5, 5.41) is 6.36. The van der Waals surface area contributed by atoms with Gasteiger partial charge in [0, 0.05) is 25.9 Å². The number of rotatable bonds is 6. The summed E-state index contributed by atoms with van der Waals surface area (Å²) >= 11 is 6.04. The van der Waals surface area contributed by atoms with E-state index in [1.54, 1.807) is 6.07 Å². The summed E-state index contributed by atoms with van der Waals surface area (Å²) in [5.41, 5.74) is 0.443. The highest BCUT2D eigenvalue weighted by Crippen LogP contribution is 2.18. The molecule has 1 amide bonds. The maximum absolute atomic E-state index is 12.1. The zero-order valence-corrected chi connectivity index (χ0v) is 12.4. The minimum absolute atomic E-state index is 0.122. The van der Waals surface area contributed by atoms with Gasteiger partial charge >= 0.3 is 0 Å². The van der Waals surface area contributed by atoms with Gasteiger partial charge in [-0.1, -0.05) is 18.5 Å². The van der Waals surface area contributed by atoms with Crippen molar-refractivity contribution in [1.29, 1.82) is 0 Å². The molecule has 20 heavy (non-hydrogen) atoms. The highest BCUT2D eigenvalue weighted by molar-refractivity contribution is 6.33. The Hall–Kier alpha value is -1.33. The predicted molar refractivity (Wildman–Crippen MR) is 79.3 cm³/mol. The van der Waals surface area contributed by atoms with Crippen LogP contribution in [0.15, 0.2) is 12.3 Å². The van der Waals surface area contributed by atoms with Gasteiger partial charge in [0.05, 0.1) is 16.7 Å². The Balaban J connectivity index is 1.96. The number of ether oxygens (including phenoxy) is 1. The third-order valence-corrected chi connectivity index (χ3v) is 3.47. The molecule has 5 nitrogen and oxygen atoms in total. The minimum Gasteiger partial charge on any atom is -0.376 e. The highest BCUT2D eigenvalue weighted by Gasteiger charge is 2.18. The molecule has 0 radical (unpaired) electrons. The zero-order valence-electron chi connectivity index (χ0n) is 11.6. The van der Waals surface area contributed by atoms with Crippen molar-refractivity contribution in [3.8, 4) is 0 Å². The van der Waals surface area contributed by atoms with E-state index in [1.165, 1.54) is 6.20 Å². The topological polar surface area (TPSA) is 63.2 Å². The van der Waals surface area contributed by atoms with Crippen LogP contribution < -0.4 is 10.6 Å². The van der Waals surface area contributed by atoms with Gasteiger partial charge in [-0.25, -0.2) is 4.98 Å². The van der Waals surface area contributed by atoms with Crippen molar-refractivity contribution < 1.29 is 9.53 Å². The number of pyridine rings is 1. The van der Waals surface area contributed by atoms with Crippen LogP contribution in [0.4, 0.5) is 5.82 Å². The van der Waals surface area contributed by atoms with E-state index in [0.29, 0.717) is 22.9 Å².